The lowest BCUT2D eigenvalue weighted by atomic mass is 9.70. The molecule has 1 fully saturated rings. The van der Waals surface area contributed by atoms with E-state index in [9.17, 15) is 14.7 Å². The average Bonchev–Trinajstić information content (AvgIpc) is 2.84. The van der Waals surface area contributed by atoms with Gasteiger partial charge in [0.1, 0.15) is 0 Å². The van der Waals surface area contributed by atoms with Gasteiger partial charge in [-0.2, -0.15) is 4.98 Å². The van der Waals surface area contributed by atoms with E-state index in [1.165, 1.54) is 15.7 Å². The Bertz CT molecular complexity index is 808. The molecular weight excluding hydrogens is 314 g/mol. The van der Waals surface area contributed by atoms with Crippen LogP contribution < -0.4 is 10.9 Å². The second-order valence-corrected chi connectivity index (χ2v) is 8.13. The van der Waals surface area contributed by atoms with Crippen molar-refractivity contribution in [3.8, 4) is 5.88 Å². The lowest BCUT2D eigenvalue weighted by Crippen LogP contribution is -2.44. The first-order valence-corrected chi connectivity index (χ1v) is 8.64. The van der Waals surface area contributed by atoms with Crippen LogP contribution in [0.5, 0.6) is 5.88 Å². The maximum Gasteiger partial charge on any atom is 0.275 e. The molecule has 1 aliphatic carbocycles. The molecule has 124 valence electrons. The zero-order valence-electron chi connectivity index (χ0n) is 13.5. The fourth-order valence-electron chi connectivity index (χ4n) is 3.78. The molecule has 2 aromatic rings. The number of carbonyl (C=O) groups excluding carboxylic acids is 1. The fourth-order valence-corrected chi connectivity index (χ4v) is 4.48. The van der Waals surface area contributed by atoms with Crippen molar-refractivity contribution in [3.05, 3.63) is 27.5 Å². The monoisotopic (exact) mass is 335 g/mol. The van der Waals surface area contributed by atoms with Crippen LogP contribution in [-0.2, 0) is 0 Å². The summed E-state index contributed by atoms with van der Waals surface area (Å²) in [5.41, 5.74) is -0.659. The number of aromatic nitrogens is 2. The first kappa shape index (κ1) is 16.0. The molecule has 1 aliphatic rings. The Labute approximate surface area is 138 Å². The molecule has 0 bridgehead atoms. The number of fused-ring (bicyclic) bond motifs is 1. The number of rotatable bonds is 2. The van der Waals surface area contributed by atoms with E-state index < -0.39 is 17.3 Å². The molecule has 6 nitrogen and oxygen atoms in total. The highest BCUT2D eigenvalue weighted by atomic mass is 32.1. The predicted molar refractivity (Wildman–Crippen MR) is 89.1 cm³/mol. The highest BCUT2D eigenvalue weighted by molar-refractivity contribution is 7.15. The van der Waals surface area contributed by atoms with Crippen molar-refractivity contribution in [2.24, 2.45) is 11.3 Å². The zero-order valence-corrected chi connectivity index (χ0v) is 14.3. The standard InChI is InChI=1S/C16H21N3O3S/c1-9-6-10(8-16(2,3)7-9)17-12(20)11-13(21)18-15-19(14(11)22)4-5-23-15/h4-5,9-10,21H,6-8H2,1-3H3,(H,17,20)/t9-,10-/m1/s1. The highest BCUT2D eigenvalue weighted by Gasteiger charge is 2.33. The Hall–Kier alpha value is -1.89. The Morgan fingerprint density at radius 1 is 1.48 bits per heavy atom. The lowest BCUT2D eigenvalue weighted by molar-refractivity contribution is 0.0869. The molecule has 1 amide bonds. The minimum atomic E-state index is -0.546. The molecule has 0 aliphatic heterocycles. The first-order valence-electron chi connectivity index (χ1n) is 7.76. The third-order valence-corrected chi connectivity index (χ3v) is 5.15. The molecule has 2 heterocycles. The van der Waals surface area contributed by atoms with Crippen LogP contribution >= 0.6 is 11.3 Å². The summed E-state index contributed by atoms with van der Waals surface area (Å²) < 4.78 is 1.28. The summed E-state index contributed by atoms with van der Waals surface area (Å²) in [6.07, 6.45) is 4.41. The van der Waals surface area contributed by atoms with Gasteiger partial charge in [-0.25, -0.2) is 0 Å². The number of aromatic hydroxyl groups is 1. The van der Waals surface area contributed by atoms with Crippen molar-refractivity contribution >= 4 is 22.2 Å². The van der Waals surface area contributed by atoms with Gasteiger partial charge in [-0.05, 0) is 30.6 Å². The maximum absolute atomic E-state index is 12.5. The Balaban J connectivity index is 1.88. The molecule has 0 spiro atoms. The van der Waals surface area contributed by atoms with Gasteiger partial charge >= 0.3 is 0 Å². The largest absolute Gasteiger partial charge is 0.492 e. The molecule has 0 radical (unpaired) electrons. The number of hydrogen-bond acceptors (Lipinski definition) is 5. The minimum Gasteiger partial charge on any atom is -0.492 e. The van der Waals surface area contributed by atoms with Crippen LogP contribution in [0, 0.1) is 11.3 Å². The second-order valence-electron chi connectivity index (χ2n) is 7.25. The van der Waals surface area contributed by atoms with Crippen molar-refractivity contribution in [1.29, 1.82) is 0 Å². The van der Waals surface area contributed by atoms with Gasteiger partial charge in [0.2, 0.25) is 5.88 Å². The molecule has 2 atom stereocenters. The summed E-state index contributed by atoms with van der Waals surface area (Å²) in [5.74, 6) is -0.537. The number of carbonyl (C=O) groups is 1. The normalized spacial score (nSPS) is 23.8. The van der Waals surface area contributed by atoms with E-state index in [4.69, 9.17) is 0 Å². The Kier molecular flexibility index (Phi) is 3.91. The third-order valence-electron chi connectivity index (χ3n) is 4.40. The quantitative estimate of drug-likeness (QED) is 0.883. The van der Waals surface area contributed by atoms with Crippen molar-refractivity contribution < 1.29 is 9.90 Å². The van der Waals surface area contributed by atoms with E-state index in [2.05, 4.69) is 31.1 Å². The van der Waals surface area contributed by atoms with Gasteiger partial charge in [-0.3, -0.25) is 14.0 Å². The topological polar surface area (TPSA) is 83.7 Å². The van der Waals surface area contributed by atoms with Crippen LogP contribution in [0.2, 0.25) is 0 Å². The number of nitrogens with one attached hydrogen (secondary N) is 1. The third kappa shape index (κ3) is 3.10. The summed E-state index contributed by atoms with van der Waals surface area (Å²) in [6.45, 7) is 6.55. The molecule has 2 N–H and O–H groups in total. The molecule has 0 saturated heterocycles. The SMILES string of the molecule is C[C@@H]1C[C@@H](NC(=O)c2c(O)nc3sccn3c2=O)CC(C)(C)C1. The van der Waals surface area contributed by atoms with Crippen LogP contribution in [0.4, 0.5) is 0 Å². The van der Waals surface area contributed by atoms with Crippen molar-refractivity contribution in [1.82, 2.24) is 14.7 Å². The molecule has 0 unspecified atom stereocenters. The summed E-state index contributed by atoms with van der Waals surface area (Å²) in [4.78, 5) is 29.2. The van der Waals surface area contributed by atoms with Gasteiger partial charge in [0.05, 0.1) is 0 Å². The summed E-state index contributed by atoms with van der Waals surface area (Å²) in [5, 5.41) is 14.6. The predicted octanol–water partition coefficient (Wildman–Crippen LogP) is 2.41. The van der Waals surface area contributed by atoms with Crippen molar-refractivity contribution in [2.75, 3.05) is 0 Å². The van der Waals surface area contributed by atoms with E-state index in [1.807, 2.05) is 0 Å². The lowest BCUT2D eigenvalue weighted by Gasteiger charge is -2.39. The van der Waals surface area contributed by atoms with Gasteiger partial charge in [0.25, 0.3) is 11.5 Å². The van der Waals surface area contributed by atoms with Crippen LogP contribution in [0.3, 0.4) is 0 Å². The Morgan fingerprint density at radius 2 is 2.22 bits per heavy atom. The van der Waals surface area contributed by atoms with Crippen molar-refractivity contribution in [2.45, 2.75) is 46.1 Å². The Morgan fingerprint density at radius 3 is 2.91 bits per heavy atom. The molecule has 7 heteroatoms. The molecule has 2 aromatic heterocycles. The van der Waals surface area contributed by atoms with E-state index in [0.29, 0.717) is 10.9 Å². The van der Waals surface area contributed by atoms with Crippen LogP contribution in [0.15, 0.2) is 16.4 Å². The first-order chi connectivity index (χ1) is 10.8. The summed E-state index contributed by atoms with van der Waals surface area (Å²) in [7, 11) is 0. The molecule has 3 rings (SSSR count). The van der Waals surface area contributed by atoms with Crippen LogP contribution in [0.25, 0.3) is 4.96 Å². The van der Waals surface area contributed by atoms with E-state index in [1.54, 1.807) is 11.6 Å². The summed E-state index contributed by atoms with van der Waals surface area (Å²) in [6, 6.07) is 0.00298. The molecule has 1 saturated carbocycles. The fraction of sp³-hybridized carbons (Fsp3) is 0.562. The molecule has 0 aromatic carbocycles. The van der Waals surface area contributed by atoms with E-state index >= 15 is 0 Å². The van der Waals surface area contributed by atoms with Crippen LogP contribution in [-0.4, -0.2) is 26.4 Å². The van der Waals surface area contributed by atoms with Gasteiger partial charge in [-0.15, -0.1) is 11.3 Å². The molecule has 23 heavy (non-hydrogen) atoms. The average molecular weight is 335 g/mol. The summed E-state index contributed by atoms with van der Waals surface area (Å²) >= 11 is 1.23. The number of hydrogen-bond donors (Lipinski definition) is 2. The number of nitrogens with zero attached hydrogens (tertiary/aromatic N) is 2. The smallest absolute Gasteiger partial charge is 0.275 e. The van der Waals surface area contributed by atoms with Crippen LogP contribution in [0.1, 0.15) is 50.4 Å². The van der Waals surface area contributed by atoms with Crippen molar-refractivity contribution in [3.63, 3.8) is 0 Å². The van der Waals surface area contributed by atoms with Gasteiger partial charge in [0.15, 0.2) is 10.5 Å². The minimum absolute atomic E-state index is 0.00298. The van der Waals surface area contributed by atoms with Gasteiger partial charge < -0.3 is 10.4 Å². The van der Waals surface area contributed by atoms with E-state index in [0.717, 1.165) is 19.3 Å². The molecular formula is C16H21N3O3S. The highest BCUT2D eigenvalue weighted by Crippen LogP contribution is 2.38. The number of thiazole rings is 1. The number of amides is 1. The zero-order chi connectivity index (χ0) is 16.8. The van der Waals surface area contributed by atoms with Gasteiger partial charge in [0, 0.05) is 17.6 Å². The second kappa shape index (κ2) is 5.63. The van der Waals surface area contributed by atoms with E-state index in [-0.39, 0.29) is 17.0 Å². The maximum atomic E-state index is 12.5. The van der Waals surface area contributed by atoms with Gasteiger partial charge in [-0.1, -0.05) is 20.8 Å².